The van der Waals surface area contributed by atoms with Crippen molar-refractivity contribution in [3.05, 3.63) is 11.6 Å². The molecule has 1 heterocycles. The summed E-state index contributed by atoms with van der Waals surface area (Å²) < 4.78 is 11.5. The van der Waals surface area contributed by atoms with Gasteiger partial charge in [-0.1, -0.05) is 53.2 Å². The second kappa shape index (κ2) is 11.2. The SMILES string of the molecule is CC1(C)CC[C@]2(C(=O)O[C@@H]3O[C@H](CO)[C@@H](O)[C@H](O)[C@H]3O)CC[C@]3(C)C(=CC[C@@H]4[C@@]5(C)C[C@@H](O)[C@@H](O)[C@](C)(CO)[C@@H]5CC[C@]43C)[C@@H]2C1. The zero-order valence-electron chi connectivity index (χ0n) is 28.5. The van der Waals surface area contributed by atoms with Crippen LogP contribution in [0.5, 0.6) is 0 Å². The van der Waals surface area contributed by atoms with Crippen LogP contribution < -0.4 is 0 Å². The maximum Gasteiger partial charge on any atom is 0.315 e. The molecule has 0 aromatic rings. The largest absolute Gasteiger partial charge is 0.432 e. The van der Waals surface area contributed by atoms with Crippen LogP contribution in [0.2, 0.25) is 0 Å². The van der Waals surface area contributed by atoms with E-state index in [1.807, 2.05) is 6.92 Å². The van der Waals surface area contributed by atoms with E-state index in [4.69, 9.17) is 9.47 Å². The lowest BCUT2D eigenvalue weighted by atomic mass is 9.33. The van der Waals surface area contributed by atoms with E-state index in [1.165, 1.54) is 5.57 Å². The fraction of sp³-hybridized carbons (Fsp3) is 0.917. The van der Waals surface area contributed by atoms with E-state index in [1.54, 1.807) is 0 Å². The predicted molar refractivity (Wildman–Crippen MR) is 168 cm³/mol. The fourth-order valence-corrected chi connectivity index (χ4v) is 12.1. The second-order valence-electron chi connectivity index (χ2n) is 17.9. The molecule has 46 heavy (non-hydrogen) atoms. The van der Waals surface area contributed by atoms with Crippen molar-refractivity contribution in [2.45, 2.75) is 142 Å². The van der Waals surface area contributed by atoms with Gasteiger partial charge in [0.2, 0.25) is 6.29 Å². The predicted octanol–water partition coefficient (Wildman–Crippen LogP) is 2.44. The second-order valence-corrected chi connectivity index (χ2v) is 17.9. The molecule has 1 aliphatic heterocycles. The van der Waals surface area contributed by atoms with Gasteiger partial charge in [0.05, 0.1) is 30.8 Å². The van der Waals surface area contributed by atoms with Gasteiger partial charge >= 0.3 is 5.97 Å². The molecule has 6 rings (SSSR count). The fourth-order valence-electron chi connectivity index (χ4n) is 12.1. The third-order valence-electron chi connectivity index (χ3n) is 15.2. The molecule has 0 unspecified atom stereocenters. The molecule has 0 aromatic heterocycles. The van der Waals surface area contributed by atoms with Gasteiger partial charge in [0.25, 0.3) is 0 Å². The Balaban J connectivity index is 1.36. The smallest absolute Gasteiger partial charge is 0.315 e. The molecule has 0 aromatic carbocycles. The molecule has 0 amide bonds. The number of rotatable bonds is 4. The molecule has 4 saturated carbocycles. The van der Waals surface area contributed by atoms with E-state index < -0.39 is 66.3 Å². The highest BCUT2D eigenvalue weighted by molar-refractivity contribution is 5.79. The topological polar surface area (TPSA) is 177 Å². The Kier molecular flexibility index (Phi) is 8.46. The summed E-state index contributed by atoms with van der Waals surface area (Å²) in [4.78, 5) is 14.4. The third kappa shape index (κ3) is 4.60. The zero-order chi connectivity index (χ0) is 33.8. The first kappa shape index (κ1) is 34.7. The van der Waals surface area contributed by atoms with Crippen molar-refractivity contribution in [3.8, 4) is 0 Å². The molecule has 5 fully saturated rings. The molecule has 0 bridgehead atoms. The number of hydrogen-bond donors (Lipinski definition) is 7. The number of esters is 1. The van der Waals surface area contributed by atoms with Crippen molar-refractivity contribution in [2.75, 3.05) is 13.2 Å². The van der Waals surface area contributed by atoms with Crippen molar-refractivity contribution in [1.29, 1.82) is 0 Å². The van der Waals surface area contributed by atoms with Gasteiger partial charge < -0.3 is 45.2 Å². The van der Waals surface area contributed by atoms with E-state index in [-0.39, 0.29) is 46.0 Å². The minimum absolute atomic E-state index is 0.00930. The summed E-state index contributed by atoms with van der Waals surface area (Å²) in [6.07, 6.45) is -0.357. The van der Waals surface area contributed by atoms with Gasteiger partial charge in [0.15, 0.2) is 0 Å². The summed E-state index contributed by atoms with van der Waals surface area (Å²) in [7, 11) is 0. The minimum atomic E-state index is -1.65. The van der Waals surface area contributed by atoms with Crippen molar-refractivity contribution in [1.82, 2.24) is 0 Å². The number of carbonyl (C=O) groups is 1. The molecule has 10 heteroatoms. The van der Waals surface area contributed by atoms with Crippen LogP contribution in [0, 0.1) is 50.2 Å². The van der Waals surface area contributed by atoms with Gasteiger partial charge in [0.1, 0.15) is 24.4 Å². The Morgan fingerprint density at radius 2 is 1.54 bits per heavy atom. The highest BCUT2D eigenvalue weighted by atomic mass is 16.7. The number of hydrogen-bond acceptors (Lipinski definition) is 10. The maximum atomic E-state index is 14.4. The van der Waals surface area contributed by atoms with E-state index in [0.717, 1.165) is 38.5 Å². The van der Waals surface area contributed by atoms with E-state index in [9.17, 15) is 40.5 Å². The minimum Gasteiger partial charge on any atom is -0.432 e. The molecule has 1 saturated heterocycles. The lowest BCUT2D eigenvalue weighted by Crippen LogP contribution is -2.68. The van der Waals surface area contributed by atoms with Crippen LogP contribution in [0.25, 0.3) is 0 Å². The normalized spacial score (nSPS) is 54.8. The Hall–Kier alpha value is -1.11. The van der Waals surface area contributed by atoms with Crippen molar-refractivity contribution >= 4 is 5.97 Å². The van der Waals surface area contributed by atoms with E-state index in [0.29, 0.717) is 19.3 Å². The summed E-state index contributed by atoms with van der Waals surface area (Å²) >= 11 is 0. The van der Waals surface area contributed by atoms with Crippen LogP contribution in [-0.4, -0.2) is 97.8 Å². The first-order valence-electron chi connectivity index (χ1n) is 17.5. The lowest BCUT2D eigenvalue weighted by molar-refractivity contribution is -0.297. The summed E-state index contributed by atoms with van der Waals surface area (Å²) in [5.74, 6) is -0.293. The summed E-state index contributed by atoms with van der Waals surface area (Å²) in [5, 5.41) is 73.8. The molecule has 10 nitrogen and oxygen atoms in total. The average molecular weight is 651 g/mol. The van der Waals surface area contributed by atoms with Crippen molar-refractivity contribution < 1.29 is 50.0 Å². The average Bonchev–Trinajstić information content (AvgIpc) is 3.00. The maximum absolute atomic E-state index is 14.4. The number of fused-ring (bicyclic) bond motifs is 7. The highest BCUT2D eigenvalue weighted by Crippen LogP contribution is 2.75. The molecule has 6 aliphatic rings. The number of ether oxygens (including phenoxy) is 2. The number of aliphatic hydroxyl groups is 7. The Morgan fingerprint density at radius 1 is 0.870 bits per heavy atom. The Morgan fingerprint density at radius 3 is 2.20 bits per heavy atom. The van der Waals surface area contributed by atoms with Crippen LogP contribution in [0.1, 0.15) is 99.3 Å². The van der Waals surface area contributed by atoms with Crippen LogP contribution in [-0.2, 0) is 14.3 Å². The Labute approximate surface area is 273 Å². The van der Waals surface area contributed by atoms with Crippen LogP contribution in [0.4, 0.5) is 0 Å². The van der Waals surface area contributed by atoms with Gasteiger partial charge in [-0.15, -0.1) is 0 Å². The summed E-state index contributed by atoms with van der Waals surface area (Å²) in [6, 6.07) is 0. The standard InChI is InChI=1S/C36H58O10/c1-31(2)11-13-36(30(44)46-29-27(42)26(41)25(40)22(17-37)45-29)14-12-34(5)19(20(36)15-31)7-8-24-32(3)16-21(39)28(43)33(4,18-38)23(32)9-10-35(24,34)6/h7,20-29,37-43H,8-18H2,1-6H3/t20-,21+,22+,23+,24+,25+,26-,27+,28+,29-,32-,33+,34+,35+,36-/m0/s1. The zero-order valence-corrected chi connectivity index (χ0v) is 28.5. The third-order valence-corrected chi connectivity index (χ3v) is 15.2. The van der Waals surface area contributed by atoms with E-state index >= 15 is 0 Å². The van der Waals surface area contributed by atoms with Crippen LogP contribution >= 0.6 is 0 Å². The van der Waals surface area contributed by atoms with Crippen LogP contribution in [0.15, 0.2) is 11.6 Å². The van der Waals surface area contributed by atoms with Gasteiger partial charge in [0, 0.05) is 5.41 Å². The van der Waals surface area contributed by atoms with E-state index in [2.05, 4.69) is 40.7 Å². The monoisotopic (exact) mass is 650 g/mol. The summed E-state index contributed by atoms with van der Waals surface area (Å²) in [5.41, 5.74) is -1.02. The molecular formula is C36H58O10. The number of carbonyl (C=O) groups excluding carboxylic acids is 1. The molecule has 262 valence electrons. The quantitative estimate of drug-likeness (QED) is 0.177. The number of aliphatic hydroxyl groups excluding tert-OH is 7. The molecule has 5 aliphatic carbocycles. The highest BCUT2D eigenvalue weighted by Gasteiger charge is 2.71. The molecular weight excluding hydrogens is 592 g/mol. The first-order valence-corrected chi connectivity index (χ1v) is 17.5. The lowest BCUT2D eigenvalue weighted by Gasteiger charge is -2.71. The van der Waals surface area contributed by atoms with Gasteiger partial charge in [-0.2, -0.15) is 0 Å². The molecule has 7 N–H and O–H groups in total. The Bertz CT molecular complexity index is 1240. The molecule has 0 radical (unpaired) electrons. The number of allylic oxidation sites excluding steroid dienone is 2. The van der Waals surface area contributed by atoms with Gasteiger partial charge in [-0.25, -0.2) is 0 Å². The molecule has 0 spiro atoms. The first-order chi connectivity index (χ1) is 21.3. The van der Waals surface area contributed by atoms with Gasteiger partial charge in [-0.3, -0.25) is 4.79 Å². The summed E-state index contributed by atoms with van der Waals surface area (Å²) in [6.45, 7) is 12.7. The van der Waals surface area contributed by atoms with Gasteiger partial charge in [-0.05, 0) is 97.2 Å². The van der Waals surface area contributed by atoms with Crippen molar-refractivity contribution in [2.24, 2.45) is 50.2 Å². The molecule has 15 atom stereocenters. The van der Waals surface area contributed by atoms with Crippen molar-refractivity contribution in [3.63, 3.8) is 0 Å². The van der Waals surface area contributed by atoms with Crippen LogP contribution in [0.3, 0.4) is 0 Å².